The Morgan fingerprint density at radius 2 is 1.87 bits per heavy atom. The van der Waals surface area contributed by atoms with E-state index in [0.717, 1.165) is 18.9 Å². The second kappa shape index (κ2) is 6.76. The van der Waals surface area contributed by atoms with Crippen LogP contribution in [0.4, 0.5) is 8.78 Å². The van der Waals surface area contributed by atoms with Crippen molar-refractivity contribution in [2.45, 2.75) is 51.9 Å². The summed E-state index contributed by atoms with van der Waals surface area (Å²) in [4.78, 5) is 0. The lowest BCUT2D eigenvalue weighted by molar-refractivity contribution is 0.336. The lowest BCUT2D eigenvalue weighted by Gasteiger charge is -2.20. The van der Waals surface area contributed by atoms with Gasteiger partial charge >= 0.3 is 0 Å². The summed E-state index contributed by atoms with van der Waals surface area (Å²) in [6, 6.07) is 0. The van der Waals surface area contributed by atoms with Gasteiger partial charge in [0.1, 0.15) is 11.7 Å². The van der Waals surface area contributed by atoms with E-state index in [1.54, 1.807) is 0 Å². The molecule has 0 atom stereocenters. The molecule has 0 spiro atoms. The van der Waals surface area contributed by atoms with E-state index in [4.69, 9.17) is 0 Å². The molecule has 1 rings (SSSR count). The molecule has 0 aromatic carbocycles. The van der Waals surface area contributed by atoms with Gasteiger partial charge in [0.05, 0.1) is 0 Å². The SMILES string of the molecule is CC/C=C(F)\C=C(\F)CC1CCCCC1. The molecule has 86 valence electrons. The maximum atomic E-state index is 13.3. The first-order valence-corrected chi connectivity index (χ1v) is 5.94. The first-order valence-electron chi connectivity index (χ1n) is 5.94. The Labute approximate surface area is 91.1 Å². The van der Waals surface area contributed by atoms with E-state index in [9.17, 15) is 8.78 Å². The highest BCUT2D eigenvalue weighted by Crippen LogP contribution is 2.29. The fourth-order valence-corrected chi connectivity index (χ4v) is 2.13. The highest BCUT2D eigenvalue weighted by molar-refractivity contribution is 5.14. The van der Waals surface area contributed by atoms with Crippen LogP contribution in [0, 0.1) is 5.92 Å². The van der Waals surface area contributed by atoms with Crippen LogP contribution in [0.1, 0.15) is 51.9 Å². The summed E-state index contributed by atoms with van der Waals surface area (Å²) in [5.41, 5.74) is 0. The molecule has 0 aromatic heterocycles. The van der Waals surface area contributed by atoms with Crippen LogP contribution in [0.2, 0.25) is 0 Å². The van der Waals surface area contributed by atoms with E-state index >= 15 is 0 Å². The Kier molecular flexibility index (Phi) is 5.59. The lowest BCUT2D eigenvalue weighted by Crippen LogP contribution is -2.06. The van der Waals surface area contributed by atoms with Crippen molar-refractivity contribution in [3.8, 4) is 0 Å². The van der Waals surface area contributed by atoms with Crippen molar-refractivity contribution < 1.29 is 8.78 Å². The van der Waals surface area contributed by atoms with Crippen LogP contribution < -0.4 is 0 Å². The standard InChI is InChI=1S/C13H20F2/c1-2-6-12(14)10-13(15)9-11-7-4-3-5-8-11/h6,10-11H,2-5,7-9H2,1H3/b12-6+,13-10+. The quantitative estimate of drug-likeness (QED) is 0.573. The van der Waals surface area contributed by atoms with E-state index in [0.29, 0.717) is 18.8 Å². The predicted octanol–water partition coefficient (Wildman–Crippen LogP) is 5.07. The zero-order chi connectivity index (χ0) is 11.1. The van der Waals surface area contributed by atoms with E-state index in [1.165, 1.54) is 25.3 Å². The van der Waals surface area contributed by atoms with Crippen LogP contribution in [0.25, 0.3) is 0 Å². The summed E-state index contributed by atoms with van der Waals surface area (Å²) in [6.07, 6.45) is 9.34. The van der Waals surface area contributed by atoms with Crippen molar-refractivity contribution >= 4 is 0 Å². The first-order chi connectivity index (χ1) is 7.22. The van der Waals surface area contributed by atoms with Crippen molar-refractivity contribution in [3.63, 3.8) is 0 Å². The van der Waals surface area contributed by atoms with Crippen LogP contribution in [0.5, 0.6) is 0 Å². The van der Waals surface area contributed by atoms with Crippen LogP contribution >= 0.6 is 0 Å². The van der Waals surface area contributed by atoms with E-state index < -0.39 is 5.83 Å². The Morgan fingerprint density at radius 1 is 1.20 bits per heavy atom. The normalized spacial score (nSPS) is 20.7. The summed E-state index contributed by atoms with van der Waals surface area (Å²) in [6.45, 7) is 1.84. The molecule has 0 amide bonds. The predicted molar refractivity (Wildman–Crippen MR) is 59.9 cm³/mol. The Morgan fingerprint density at radius 3 is 2.47 bits per heavy atom. The van der Waals surface area contributed by atoms with Gasteiger partial charge in [0, 0.05) is 12.5 Å². The van der Waals surface area contributed by atoms with Crippen molar-refractivity contribution in [1.29, 1.82) is 0 Å². The van der Waals surface area contributed by atoms with Gasteiger partial charge in [0.25, 0.3) is 0 Å². The summed E-state index contributed by atoms with van der Waals surface area (Å²) in [5.74, 6) is -0.306. The average molecular weight is 214 g/mol. The highest BCUT2D eigenvalue weighted by Gasteiger charge is 2.15. The Bertz CT molecular complexity index is 235. The fourth-order valence-electron chi connectivity index (χ4n) is 2.13. The van der Waals surface area contributed by atoms with Gasteiger partial charge in [0.15, 0.2) is 0 Å². The maximum Gasteiger partial charge on any atom is 0.121 e. The molecule has 1 fully saturated rings. The number of allylic oxidation sites excluding steroid dienone is 4. The van der Waals surface area contributed by atoms with Crippen LogP contribution in [-0.4, -0.2) is 0 Å². The molecule has 1 aliphatic carbocycles. The molecule has 1 saturated carbocycles. The third-order valence-corrected chi connectivity index (χ3v) is 2.90. The van der Waals surface area contributed by atoms with Crippen LogP contribution in [0.15, 0.2) is 23.8 Å². The van der Waals surface area contributed by atoms with Gasteiger partial charge in [-0.1, -0.05) is 39.0 Å². The van der Waals surface area contributed by atoms with Gasteiger partial charge < -0.3 is 0 Å². The smallest absolute Gasteiger partial charge is 0.121 e. The summed E-state index contributed by atoms with van der Waals surface area (Å²) in [7, 11) is 0. The number of hydrogen-bond donors (Lipinski definition) is 0. The minimum absolute atomic E-state index is 0.302. The molecule has 1 aliphatic rings. The molecular formula is C13H20F2. The summed E-state index contributed by atoms with van der Waals surface area (Å²) >= 11 is 0. The molecule has 0 saturated heterocycles. The van der Waals surface area contributed by atoms with Gasteiger partial charge in [-0.15, -0.1) is 0 Å². The molecule has 0 N–H and O–H groups in total. The molecular weight excluding hydrogens is 194 g/mol. The molecule has 0 aromatic rings. The lowest BCUT2D eigenvalue weighted by atomic mass is 9.86. The zero-order valence-electron chi connectivity index (χ0n) is 9.44. The topological polar surface area (TPSA) is 0 Å². The Balaban J connectivity index is 2.39. The average Bonchev–Trinajstić information content (AvgIpc) is 2.19. The third kappa shape index (κ3) is 5.10. The minimum atomic E-state index is -0.439. The number of halogens is 2. The number of rotatable bonds is 4. The highest BCUT2D eigenvalue weighted by atomic mass is 19.1. The zero-order valence-corrected chi connectivity index (χ0v) is 9.44. The minimum Gasteiger partial charge on any atom is -0.212 e. The van der Waals surface area contributed by atoms with E-state index in [2.05, 4.69) is 0 Å². The van der Waals surface area contributed by atoms with Gasteiger partial charge in [-0.2, -0.15) is 0 Å². The molecule has 0 aliphatic heterocycles. The molecule has 0 radical (unpaired) electrons. The van der Waals surface area contributed by atoms with Crippen molar-refractivity contribution in [1.82, 2.24) is 0 Å². The molecule has 0 unspecified atom stereocenters. The molecule has 0 nitrogen and oxygen atoms in total. The van der Waals surface area contributed by atoms with Gasteiger partial charge in [-0.05, 0) is 18.4 Å². The Hall–Kier alpha value is -0.660. The van der Waals surface area contributed by atoms with Crippen molar-refractivity contribution in [2.75, 3.05) is 0 Å². The maximum absolute atomic E-state index is 13.3. The fraction of sp³-hybridized carbons (Fsp3) is 0.692. The largest absolute Gasteiger partial charge is 0.212 e. The summed E-state index contributed by atoms with van der Waals surface area (Å²) < 4.78 is 26.3. The van der Waals surface area contributed by atoms with Crippen molar-refractivity contribution in [2.24, 2.45) is 5.92 Å². The molecule has 2 heteroatoms. The summed E-state index contributed by atoms with van der Waals surface area (Å²) in [5, 5.41) is 0. The second-order valence-corrected chi connectivity index (χ2v) is 4.30. The molecule has 0 heterocycles. The van der Waals surface area contributed by atoms with E-state index in [-0.39, 0.29) is 5.83 Å². The van der Waals surface area contributed by atoms with Gasteiger partial charge in [-0.3, -0.25) is 0 Å². The van der Waals surface area contributed by atoms with Crippen molar-refractivity contribution in [3.05, 3.63) is 23.8 Å². The monoisotopic (exact) mass is 214 g/mol. The second-order valence-electron chi connectivity index (χ2n) is 4.30. The molecule has 0 bridgehead atoms. The van der Waals surface area contributed by atoms with Crippen LogP contribution in [-0.2, 0) is 0 Å². The van der Waals surface area contributed by atoms with Crippen LogP contribution in [0.3, 0.4) is 0 Å². The van der Waals surface area contributed by atoms with Gasteiger partial charge in [-0.25, -0.2) is 8.78 Å². The third-order valence-electron chi connectivity index (χ3n) is 2.90. The van der Waals surface area contributed by atoms with Gasteiger partial charge in [0.2, 0.25) is 0 Å². The van der Waals surface area contributed by atoms with E-state index in [1.807, 2.05) is 6.92 Å². The first kappa shape index (κ1) is 12.4. The molecule has 15 heavy (non-hydrogen) atoms. The number of hydrogen-bond acceptors (Lipinski definition) is 0.